The SMILES string of the molecule is CC(C)[C@H]1NC(=O)C[C@H]2C=CCCSSC[C@@H](NC1=O)C(=O)Nc1ccccc1C(=O)NCC(=O)O2. The molecule has 2 bridgehead atoms. The Balaban J connectivity index is 2.02. The average molecular weight is 535 g/mol. The van der Waals surface area contributed by atoms with Gasteiger partial charge in [0.05, 0.1) is 17.7 Å². The van der Waals surface area contributed by atoms with Gasteiger partial charge < -0.3 is 26.0 Å². The number of carbonyl (C=O) groups is 5. The van der Waals surface area contributed by atoms with Gasteiger partial charge in [0.15, 0.2) is 0 Å². The Morgan fingerprint density at radius 3 is 2.56 bits per heavy atom. The quantitative estimate of drug-likeness (QED) is 0.242. The molecular weight excluding hydrogens is 504 g/mol. The van der Waals surface area contributed by atoms with Gasteiger partial charge in [-0.3, -0.25) is 24.0 Å². The van der Waals surface area contributed by atoms with Crippen molar-refractivity contribution in [3.05, 3.63) is 42.0 Å². The molecule has 0 saturated heterocycles. The molecule has 1 aromatic carbocycles. The zero-order valence-corrected chi connectivity index (χ0v) is 21.7. The van der Waals surface area contributed by atoms with Gasteiger partial charge in [-0.25, -0.2) is 0 Å². The summed E-state index contributed by atoms with van der Waals surface area (Å²) in [5.41, 5.74) is 0.398. The smallest absolute Gasteiger partial charge is 0.326 e. The fourth-order valence-electron chi connectivity index (χ4n) is 3.55. The molecule has 2 aliphatic rings. The van der Waals surface area contributed by atoms with Crippen LogP contribution in [0.2, 0.25) is 0 Å². The molecule has 0 radical (unpaired) electrons. The third-order valence-electron chi connectivity index (χ3n) is 5.43. The third kappa shape index (κ3) is 8.02. The zero-order valence-electron chi connectivity index (χ0n) is 20.1. The molecule has 10 nitrogen and oxygen atoms in total. The number of rotatable bonds is 1. The van der Waals surface area contributed by atoms with Crippen molar-refractivity contribution < 1.29 is 28.7 Å². The van der Waals surface area contributed by atoms with E-state index in [1.165, 1.54) is 27.7 Å². The highest BCUT2D eigenvalue weighted by Crippen LogP contribution is 2.24. The van der Waals surface area contributed by atoms with Gasteiger partial charge in [-0.2, -0.15) is 0 Å². The Hall–Kier alpha value is -2.99. The van der Waals surface area contributed by atoms with Gasteiger partial charge in [-0.1, -0.05) is 53.6 Å². The van der Waals surface area contributed by atoms with Crippen LogP contribution in [0.5, 0.6) is 0 Å². The van der Waals surface area contributed by atoms with Crippen molar-refractivity contribution in [3.63, 3.8) is 0 Å². The first kappa shape index (κ1) is 27.6. The second-order valence-corrected chi connectivity index (χ2v) is 11.3. The molecule has 0 fully saturated rings. The first-order valence-corrected chi connectivity index (χ1v) is 14.1. The number of amides is 4. The molecule has 0 unspecified atom stereocenters. The van der Waals surface area contributed by atoms with E-state index < -0.39 is 54.3 Å². The van der Waals surface area contributed by atoms with Crippen LogP contribution in [0.25, 0.3) is 0 Å². The number of hydrogen-bond acceptors (Lipinski definition) is 8. The molecule has 0 aliphatic carbocycles. The Bertz CT molecular complexity index is 1030. The fraction of sp³-hybridized carbons (Fsp3) is 0.458. The van der Waals surface area contributed by atoms with E-state index in [4.69, 9.17) is 4.74 Å². The van der Waals surface area contributed by atoms with E-state index in [0.717, 1.165) is 0 Å². The van der Waals surface area contributed by atoms with E-state index in [9.17, 15) is 24.0 Å². The van der Waals surface area contributed by atoms with Gasteiger partial charge in [0.25, 0.3) is 5.91 Å². The van der Waals surface area contributed by atoms with Crippen LogP contribution in [0.15, 0.2) is 36.4 Å². The van der Waals surface area contributed by atoms with Crippen LogP contribution in [0, 0.1) is 5.92 Å². The van der Waals surface area contributed by atoms with Gasteiger partial charge in [0, 0.05) is 11.5 Å². The maximum absolute atomic E-state index is 13.2. The number of allylic oxidation sites excluding steroid dienone is 1. The summed E-state index contributed by atoms with van der Waals surface area (Å²) in [4.78, 5) is 64.5. The van der Waals surface area contributed by atoms with Crippen LogP contribution in [0.4, 0.5) is 5.69 Å². The van der Waals surface area contributed by atoms with Crippen LogP contribution in [-0.2, 0) is 23.9 Å². The second-order valence-electron chi connectivity index (χ2n) is 8.62. The van der Waals surface area contributed by atoms with E-state index in [1.54, 1.807) is 38.1 Å². The number of anilines is 1. The molecule has 2 heterocycles. The molecule has 3 rings (SSSR count). The number of para-hydroxylation sites is 1. The lowest BCUT2D eigenvalue weighted by atomic mass is 10.0. The largest absolute Gasteiger partial charge is 0.456 e. The highest BCUT2D eigenvalue weighted by molar-refractivity contribution is 8.76. The molecule has 1 aromatic rings. The van der Waals surface area contributed by atoms with E-state index >= 15 is 0 Å². The number of ether oxygens (including phenoxy) is 1. The lowest BCUT2D eigenvalue weighted by molar-refractivity contribution is -0.147. The lowest BCUT2D eigenvalue weighted by Crippen LogP contribution is -2.55. The molecule has 4 N–H and O–H groups in total. The minimum absolute atomic E-state index is 0.157. The standard InChI is InChI=1S/C24H30N4O6S2/c1-14(2)21-24(33)27-18-13-36-35-10-6-5-7-15(11-19(29)28-21)34-20(30)12-25-22(31)16-8-3-4-9-17(16)26-23(18)32/h3-5,7-9,14-15,18,21H,6,10-13H2,1-2H3,(H,25,31)(H,26,32)(H,27,33)(H,28,29)/t15-,18-,21-/m1/s1. The van der Waals surface area contributed by atoms with Gasteiger partial charge in [0.2, 0.25) is 17.7 Å². The molecule has 12 heteroatoms. The maximum atomic E-state index is 13.2. The second kappa shape index (κ2) is 13.4. The molecule has 0 aromatic heterocycles. The Labute approximate surface area is 217 Å². The number of hydrogen-bond donors (Lipinski definition) is 4. The van der Waals surface area contributed by atoms with Crippen LogP contribution in [-0.4, -0.2) is 65.8 Å². The van der Waals surface area contributed by atoms with E-state index in [2.05, 4.69) is 21.3 Å². The van der Waals surface area contributed by atoms with E-state index in [-0.39, 0.29) is 29.3 Å². The molecule has 0 spiro atoms. The minimum Gasteiger partial charge on any atom is -0.456 e. The van der Waals surface area contributed by atoms with Gasteiger partial charge in [0.1, 0.15) is 24.7 Å². The Morgan fingerprint density at radius 2 is 1.78 bits per heavy atom. The van der Waals surface area contributed by atoms with Crippen molar-refractivity contribution in [2.24, 2.45) is 5.92 Å². The van der Waals surface area contributed by atoms with Gasteiger partial charge in [-0.05, 0) is 30.5 Å². The molecule has 2 aliphatic heterocycles. The van der Waals surface area contributed by atoms with Gasteiger partial charge in [-0.15, -0.1) is 0 Å². The molecular formula is C24H30N4O6S2. The van der Waals surface area contributed by atoms with E-state index in [1.807, 2.05) is 6.08 Å². The normalized spacial score (nSPS) is 24.9. The summed E-state index contributed by atoms with van der Waals surface area (Å²) in [5.74, 6) is -2.06. The minimum atomic E-state index is -0.918. The zero-order chi connectivity index (χ0) is 26.1. The summed E-state index contributed by atoms with van der Waals surface area (Å²) in [5, 5.41) is 10.7. The highest BCUT2D eigenvalue weighted by atomic mass is 33.1. The summed E-state index contributed by atoms with van der Waals surface area (Å²) in [6, 6.07) is 4.56. The first-order valence-electron chi connectivity index (χ1n) is 11.6. The Kier molecular flexibility index (Phi) is 10.2. The number of nitrogens with one attached hydrogen (secondary N) is 4. The van der Waals surface area contributed by atoms with Crippen LogP contribution >= 0.6 is 21.6 Å². The average Bonchev–Trinajstić information content (AvgIpc) is 2.83. The summed E-state index contributed by atoms with van der Waals surface area (Å²) in [6.45, 7) is 3.15. The van der Waals surface area contributed by atoms with Crippen LogP contribution in [0.3, 0.4) is 0 Å². The van der Waals surface area contributed by atoms with Crippen LogP contribution in [0.1, 0.15) is 37.0 Å². The Morgan fingerprint density at radius 1 is 1.00 bits per heavy atom. The van der Waals surface area contributed by atoms with Crippen molar-refractivity contribution in [3.8, 4) is 0 Å². The van der Waals surface area contributed by atoms with Crippen molar-refractivity contribution in [2.75, 3.05) is 23.4 Å². The number of fused-ring (bicyclic) bond motifs is 8. The molecule has 4 amide bonds. The van der Waals surface area contributed by atoms with Crippen LogP contribution < -0.4 is 21.3 Å². The number of benzene rings is 1. The van der Waals surface area contributed by atoms with Crippen molar-refractivity contribution in [1.29, 1.82) is 0 Å². The topological polar surface area (TPSA) is 143 Å². The summed E-state index contributed by atoms with van der Waals surface area (Å²) in [6.07, 6.45) is 3.05. The third-order valence-corrected chi connectivity index (χ3v) is 7.87. The summed E-state index contributed by atoms with van der Waals surface area (Å²) in [7, 11) is 2.97. The van der Waals surface area contributed by atoms with Crippen molar-refractivity contribution >= 4 is 56.9 Å². The summed E-state index contributed by atoms with van der Waals surface area (Å²) < 4.78 is 5.45. The van der Waals surface area contributed by atoms with Gasteiger partial charge >= 0.3 is 5.97 Å². The predicted octanol–water partition coefficient (Wildman–Crippen LogP) is 1.64. The predicted molar refractivity (Wildman–Crippen MR) is 139 cm³/mol. The summed E-state index contributed by atoms with van der Waals surface area (Å²) >= 11 is 0. The molecule has 0 saturated carbocycles. The monoisotopic (exact) mass is 534 g/mol. The highest BCUT2D eigenvalue weighted by Gasteiger charge is 2.30. The number of esters is 1. The fourth-order valence-corrected chi connectivity index (χ4v) is 5.71. The first-order chi connectivity index (χ1) is 17.2. The lowest BCUT2D eigenvalue weighted by Gasteiger charge is -2.25. The number of carbonyl (C=O) groups excluding carboxylic acids is 5. The van der Waals surface area contributed by atoms with E-state index in [0.29, 0.717) is 12.2 Å². The maximum Gasteiger partial charge on any atom is 0.326 e. The van der Waals surface area contributed by atoms with Crippen molar-refractivity contribution in [1.82, 2.24) is 16.0 Å². The molecule has 194 valence electrons. The molecule has 3 atom stereocenters. The van der Waals surface area contributed by atoms with Crippen molar-refractivity contribution in [2.45, 2.75) is 44.9 Å². The molecule has 36 heavy (non-hydrogen) atoms.